The highest BCUT2D eigenvalue weighted by molar-refractivity contribution is 7.26. The molecule has 536 valence electrons. The molecule has 0 amide bonds. The molecule has 0 atom stereocenters. The first-order valence-corrected chi connectivity index (χ1v) is 40.0. The molecule has 0 aliphatic heterocycles. The number of fused-ring (bicyclic) bond motifs is 12. The minimum atomic E-state index is -0.563. The Hall–Kier alpha value is -14.4. The second kappa shape index (κ2) is 28.5. The van der Waals surface area contributed by atoms with E-state index >= 15 is 0 Å². The molecule has 0 bridgehead atoms. The van der Waals surface area contributed by atoms with Crippen molar-refractivity contribution in [3.05, 3.63) is 493 Å². The molecule has 0 N–H and O–H groups in total. The summed E-state index contributed by atoms with van der Waals surface area (Å²) in [7, 11) is 0. The van der Waals surface area contributed by atoms with Gasteiger partial charge in [-0.25, -0.2) is 0 Å². The van der Waals surface area contributed by atoms with Gasteiger partial charge in [0.05, 0.1) is 10.8 Å². The fourth-order valence-corrected chi connectivity index (χ4v) is 19.8. The standard InChI is InChI=1S/C55H37NO.C55H37NS/c2*1-4-17-38(18-5-1)40-21-14-25-43(35-40)56(44-26-15-22-41(36-44)39-19-6-2-7-20-39)45-33-34-53-49(37-45)48-29-16-32-52(54(48)57-53)55(42-23-8-3-9-24-42)50-30-12-10-27-46(50)47-28-11-13-31-51(47)55/h2*1-37H. The van der Waals surface area contributed by atoms with Crippen LogP contribution in [0, 0.1) is 0 Å². The number of thiophene rings is 1. The number of anilines is 6. The Labute approximate surface area is 668 Å². The number of hydrogen-bond donors (Lipinski definition) is 0. The summed E-state index contributed by atoms with van der Waals surface area (Å²) in [6.45, 7) is 0. The molecule has 2 aliphatic carbocycles. The summed E-state index contributed by atoms with van der Waals surface area (Å²) >= 11 is 1.91. The van der Waals surface area contributed by atoms with Gasteiger partial charge in [0.2, 0.25) is 0 Å². The van der Waals surface area contributed by atoms with Crippen molar-refractivity contribution < 1.29 is 4.42 Å². The Morgan fingerprint density at radius 1 is 0.202 bits per heavy atom. The molecule has 0 fully saturated rings. The lowest BCUT2D eigenvalue weighted by atomic mass is 9.67. The fraction of sp³-hybridized carbons (Fsp3) is 0.0182. The third kappa shape index (κ3) is 11.3. The van der Waals surface area contributed by atoms with E-state index in [4.69, 9.17) is 4.42 Å². The summed E-state index contributed by atoms with van der Waals surface area (Å²) < 4.78 is 9.65. The van der Waals surface area contributed by atoms with Crippen molar-refractivity contribution in [2.45, 2.75) is 10.8 Å². The monoisotopic (exact) mass is 1470 g/mol. The Morgan fingerprint density at radius 3 is 0.904 bits per heavy atom. The molecule has 4 heteroatoms. The van der Waals surface area contributed by atoms with Crippen LogP contribution in [-0.2, 0) is 10.8 Å². The van der Waals surface area contributed by atoms with Crippen LogP contribution in [0.5, 0.6) is 0 Å². The summed E-state index contributed by atoms with van der Waals surface area (Å²) in [5.74, 6) is 0. The van der Waals surface area contributed by atoms with Crippen molar-refractivity contribution in [1.82, 2.24) is 0 Å². The van der Waals surface area contributed by atoms with Crippen molar-refractivity contribution in [3.63, 3.8) is 0 Å². The van der Waals surface area contributed by atoms with Gasteiger partial charge in [0, 0.05) is 70.6 Å². The summed E-state index contributed by atoms with van der Waals surface area (Å²) in [5, 5.41) is 4.72. The van der Waals surface area contributed by atoms with Gasteiger partial charge in [0.15, 0.2) is 0 Å². The zero-order valence-corrected chi connectivity index (χ0v) is 63.3. The molecule has 2 heterocycles. The van der Waals surface area contributed by atoms with Crippen molar-refractivity contribution in [1.29, 1.82) is 0 Å². The SMILES string of the molecule is c1ccc(-c2cccc(N(c3cccc(-c4ccccc4)c3)c3ccc4oc5c(C6(c7ccccc7)c7ccccc7-c7ccccc76)cccc5c4c3)c2)cc1.c1ccc(-c2cccc(N(c3cccc(-c4ccccc4)c3)c3ccc4sc5c(C6(c7ccccc7)c7ccccc7-c7ccccc76)cccc5c4c3)c2)cc1. The van der Waals surface area contributed by atoms with Gasteiger partial charge >= 0.3 is 0 Å². The molecule has 20 aromatic rings. The van der Waals surface area contributed by atoms with Crippen LogP contribution in [0.4, 0.5) is 34.1 Å². The first kappa shape index (κ1) is 67.7. The maximum Gasteiger partial charge on any atom is 0.140 e. The van der Waals surface area contributed by atoms with Crippen molar-refractivity contribution in [2.24, 2.45) is 0 Å². The van der Waals surface area contributed by atoms with Crippen molar-refractivity contribution in [3.8, 4) is 66.8 Å². The largest absolute Gasteiger partial charge is 0.456 e. The maximum absolute atomic E-state index is 7.05. The molecule has 18 aromatic carbocycles. The van der Waals surface area contributed by atoms with E-state index in [9.17, 15) is 0 Å². The number of nitrogens with zero attached hydrogens (tertiary/aromatic N) is 2. The molecule has 2 aromatic heterocycles. The van der Waals surface area contributed by atoms with E-state index < -0.39 is 10.8 Å². The quantitative estimate of drug-likeness (QED) is 0.108. The van der Waals surface area contributed by atoms with Gasteiger partial charge in [0.1, 0.15) is 11.2 Å². The van der Waals surface area contributed by atoms with Crippen LogP contribution in [-0.4, -0.2) is 0 Å². The lowest BCUT2D eigenvalue weighted by Crippen LogP contribution is -2.28. The number of furan rings is 1. The molecule has 0 radical (unpaired) electrons. The number of para-hydroxylation sites is 1. The van der Waals surface area contributed by atoms with E-state index in [0.717, 1.165) is 61.6 Å². The van der Waals surface area contributed by atoms with Crippen LogP contribution in [0.25, 0.3) is 109 Å². The van der Waals surface area contributed by atoms with Gasteiger partial charge < -0.3 is 14.2 Å². The van der Waals surface area contributed by atoms with Crippen LogP contribution in [0.1, 0.15) is 44.5 Å². The molecular weight excluding hydrogens is 1400 g/mol. The molecule has 22 rings (SSSR count). The third-order valence-electron chi connectivity index (χ3n) is 23.4. The second-order valence-electron chi connectivity index (χ2n) is 29.7. The summed E-state index contributed by atoms with van der Waals surface area (Å²) in [6, 6.07) is 163. The second-order valence-corrected chi connectivity index (χ2v) is 30.7. The molecular formula is C110H74N2OS. The Bertz CT molecular complexity index is 6310. The molecule has 2 aliphatic rings. The van der Waals surface area contributed by atoms with Crippen LogP contribution in [0.2, 0.25) is 0 Å². The lowest BCUT2D eigenvalue weighted by molar-refractivity contribution is 0.648. The zero-order chi connectivity index (χ0) is 75.5. The third-order valence-corrected chi connectivity index (χ3v) is 24.7. The predicted molar refractivity (Wildman–Crippen MR) is 479 cm³/mol. The molecule has 0 spiro atoms. The minimum Gasteiger partial charge on any atom is -0.456 e. The molecule has 0 saturated carbocycles. The van der Waals surface area contributed by atoms with Gasteiger partial charge in [-0.05, 0) is 191 Å². The number of benzene rings is 18. The fourth-order valence-electron chi connectivity index (χ4n) is 18.5. The normalized spacial score (nSPS) is 12.7. The van der Waals surface area contributed by atoms with E-state index in [1.165, 1.54) is 126 Å². The predicted octanol–water partition coefficient (Wildman–Crippen LogP) is 30.0. The summed E-state index contributed by atoms with van der Waals surface area (Å²) in [5.41, 5.74) is 32.1. The van der Waals surface area contributed by atoms with Gasteiger partial charge in [-0.2, -0.15) is 0 Å². The topological polar surface area (TPSA) is 19.6 Å². The van der Waals surface area contributed by atoms with Gasteiger partial charge in [-0.15, -0.1) is 11.3 Å². The molecule has 114 heavy (non-hydrogen) atoms. The highest BCUT2D eigenvalue weighted by Gasteiger charge is 2.49. The highest BCUT2D eigenvalue weighted by atomic mass is 32.1. The van der Waals surface area contributed by atoms with E-state index in [0.29, 0.717) is 0 Å². The van der Waals surface area contributed by atoms with Crippen LogP contribution in [0.3, 0.4) is 0 Å². The minimum absolute atomic E-state index is 0.459. The first-order valence-electron chi connectivity index (χ1n) is 39.2. The van der Waals surface area contributed by atoms with Gasteiger partial charge in [0.25, 0.3) is 0 Å². The maximum atomic E-state index is 7.05. The summed E-state index contributed by atoms with van der Waals surface area (Å²) in [6.07, 6.45) is 0. The van der Waals surface area contributed by atoms with E-state index in [2.05, 4.69) is 459 Å². The Kier molecular flexibility index (Phi) is 16.9. The zero-order valence-electron chi connectivity index (χ0n) is 62.4. The Morgan fingerprint density at radius 2 is 0.500 bits per heavy atom. The van der Waals surface area contributed by atoms with Crippen LogP contribution >= 0.6 is 11.3 Å². The van der Waals surface area contributed by atoms with Crippen molar-refractivity contribution >= 4 is 87.6 Å². The molecule has 0 unspecified atom stereocenters. The van der Waals surface area contributed by atoms with E-state index in [-0.39, 0.29) is 0 Å². The number of hydrogen-bond acceptors (Lipinski definition) is 4. The average molecular weight is 1470 g/mol. The van der Waals surface area contributed by atoms with Crippen LogP contribution < -0.4 is 9.80 Å². The Balaban J connectivity index is 0.000000143. The van der Waals surface area contributed by atoms with Gasteiger partial charge in [-0.3, -0.25) is 0 Å². The summed E-state index contributed by atoms with van der Waals surface area (Å²) in [4.78, 5) is 4.79. The first-order chi connectivity index (χ1) is 56.5. The average Bonchev–Trinajstić information content (AvgIpc) is 1.53. The van der Waals surface area contributed by atoms with E-state index in [1.54, 1.807) is 0 Å². The van der Waals surface area contributed by atoms with E-state index in [1.807, 2.05) is 11.3 Å². The highest BCUT2D eigenvalue weighted by Crippen LogP contribution is 2.61. The van der Waals surface area contributed by atoms with Gasteiger partial charge in [-0.1, -0.05) is 364 Å². The smallest absolute Gasteiger partial charge is 0.140 e. The van der Waals surface area contributed by atoms with Crippen molar-refractivity contribution in [2.75, 3.05) is 9.80 Å². The lowest BCUT2D eigenvalue weighted by Gasteiger charge is -2.34. The number of rotatable bonds is 14. The molecule has 0 saturated heterocycles. The van der Waals surface area contributed by atoms with Crippen LogP contribution in [0.15, 0.2) is 453 Å². The molecule has 3 nitrogen and oxygen atoms in total.